The fourth-order valence-electron chi connectivity index (χ4n) is 1.36. The first-order chi connectivity index (χ1) is 4.93. The predicted molar refractivity (Wildman–Crippen MR) is 45.1 cm³/mol. The van der Waals surface area contributed by atoms with E-state index in [0.29, 0.717) is 0 Å². The first kappa shape index (κ1) is 7.80. The Labute approximate surface area is 63.7 Å². The van der Waals surface area contributed by atoms with E-state index in [9.17, 15) is 0 Å². The van der Waals surface area contributed by atoms with Crippen LogP contribution in [0.15, 0.2) is 12.2 Å². The molecule has 1 saturated heterocycles. The van der Waals surface area contributed by atoms with Crippen LogP contribution in [0.5, 0.6) is 0 Å². The van der Waals surface area contributed by atoms with Crippen molar-refractivity contribution in [1.29, 1.82) is 0 Å². The number of likely N-dealkylation sites (tertiary alicyclic amines) is 1. The molecule has 1 heteroatoms. The van der Waals surface area contributed by atoms with Gasteiger partial charge in [-0.25, -0.2) is 0 Å². The molecule has 10 heavy (non-hydrogen) atoms. The zero-order valence-electron chi connectivity index (χ0n) is 6.84. The fraction of sp³-hybridized carbons (Fsp3) is 0.778. The third-order valence-corrected chi connectivity index (χ3v) is 1.96. The van der Waals surface area contributed by atoms with E-state index in [1.807, 2.05) is 0 Å². The summed E-state index contributed by atoms with van der Waals surface area (Å²) in [5.74, 6) is 0. The highest BCUT2D eigenvalue weighted by atomic mass is 15.1. The molecule has 1 fully saturated rings. The molecular formula is C9H17N. The van der Waals surface area contributed by atoms with Gasteiger partial charge in [0, 0.05) is 6.54 Å². The van der Waals surface area contributed by atoms with Crippen LogP contribution in [-0.2, 0) is 0 Å². The highest BCUT2D eigenvalue weighted by molar-refractivity contribution is 4.84. The number of allylic oxidation sites excluding steroid dienone is 1. The van der Waals surface area contributed by atoms with Gasteiger partial charge in [-0.3, -0.25) is 4.90 Å². The lowest BCUT2D eigenvalue weighted by Gasteiger charge is -2.09. The lowest BCUT2D eigenvalue weighted by atomic mass is 10.4. The third kappa shape index (κ3) is 2.53. The normalized spacial score (nSPS) is 20.9. The van der Waals surface area contributed by atoms with Crippen LogP contribution in [0.1, 0.15) is 26.2 Å². The Morgan fingerprint density at radius 2 is 1.90 bits per heavy atom. The van der Waals surface area contributed by atoms with Crippen LogP contribution in [0.2, 0.25) is 0 Å². The van der Waals surface area contributed by atoms with Crippen molar-refractivity contribution in [3.8, 4) is 0 Å². The highest BCUT2D eigenvalue weighted by Gasteiger charge is 2.08. The highest BCUT2D eigenvalue weighted by Crippen LogP contribution is 2.06. The molecule has 58 valence electrons. The molecule has 0 unspecified atom stereocenters. The monoisotopic (exact) mass is 139 g/mol. The molecule has 1 aliphatic heterocycles. The largest absolute Gasteiger partial charge is 0.300 e. The van der Waals surface area contributed by atoms with Crippen molar-refractivity contribution in [3.05, 3.63) is 12.2 Å². The molecule has 0 saturated carbocycles. The van der Waals surface area contributed by atoms with Gasteiger partial charge in [-0.15, -0.1) is 0 Å². The predicted octanol–water partition coefficient (Wildman–Crippen LogP) is 2.05. The van der Waals surface area contributed by atoms with E-state index in [1.54, 1.807) is 0 Å². The summed E-state index contributed by atoms with van der Waals surface area (Å²) in [6.45, 7) is 5.98. The first-order valence-electron chi connectivity index (χ1n) is 4.31. The fourth-order valence-corrected chi connectivity index (χ4v) is 1.36. The van der Waals surface area contributed by atoms with Crippen molar-refractivity contribution in [2.24, 2.45) is 0 Å². The Hall–Kier alpha value is -0.300. The van der Waals surface area contributed by atoms with Crippen LogP contribution in [0.3, 0.4) is 0 Å². The molecule has 0 spiro atoms. The summed E-state index contributed by atoms with van der Waals surface area (Å²) < 4.78 is 0. The number of rotatable bonds is 3. The topological polar surface area (TPSA) is 3.24 Å². The maximum atomic E-state index is 2.51. The Kier molecular flexibility index (Phi) is 3.52. The van der Waals surface area contributed by atoms with Gasteiger partial charge in [-0.2, -0.15) is 0 Å². The van der Waals surface area contributed by atoms with Gasteiger partial charge in [0.1, 0.15) is 0 Å². The second-order valence-corrected chi connectivity index (χ2v) is 2.89. The molecule has 1 rings (SSSR count). The van der Waals surface area contributed by atoms with Crippen molar-refractivity contribution >= 4 is 0 Å². The molecule has 0 bridgehead atoms. The molecule has 0 aliphatic carbocycles. The second-order valence-electron chi connectivity index (χ2n) is 2.89. The molecular weight excluding hydrogens is 122 g/mol. The molecule has 0 amide bonds. The van der Waals surface area contributed by atoms with Crippen molar-refractivity contribution in [2.45, 2.75) is 26.2 Å². The Balaban J connectivity index is 2.06. The van der Waals surface area contributed by atoms with Crippen LogP contribution in [0.25, 0.3) is 0 Å². The average molecular weight is 139 g/mol. The van der Waals surface area contributed by atoms with Gasteiger partial charge < -0.3 is 0 Å². The van der Waals surface area contributed by atoms with Crippen LogP contribution >= 0.6 is 0 Å². The van der Waals surface area contributed by atoms with E-state index in [1.165, 1.54) is 38.9 Å². The van der Waals surface area contributed by atoms with Gasteiger partial charge in [-0.05, 0) is 32.4 Å². The van der Waals surface area contributed by atoms with Gasteiger partial charge in [0.25, 0.3) is 0 Å². The van der Waals surface area contributed by atoms with Gasteiger partial charge >= 0.3 is 0 Å². The quantitative estimate of drug-likeness (QED) is 0.541. The summed E-state index contributed by atoms with van der Waals surface area (Å²) in [5, 5.41) is 0. The molecule has 0 radical (unpaired) electrons. The SMILES string of the molecule is CCC=CCN1CCCC1. The summed E-state index contributed by atoms with van der Waals surface area (Å²) in [6, 6.07) is 0. The van der Waals surface area contributed by atoms with E-state index in [2.05, 4.69) is 24.0 Å². The minimum atomic E-state index is 1.17. The van der Waals surface area contributed by atoms with E-state index in [0.717, 1.165) is 0 Å². The zero-order valence-corrected chi connectivity index (χ0v) is 6.84. The molecule has 1 nitrogen and oxygen atoms in total. The van der Waals surface area contributed by atoms with Crippen LogP contribution in [0, 0.1) is 0 Å². The maximum absolute atomic E-state index is 2.51. The van der Waals surface area contributed by atoms with Crippen molar-refractivity contribution < 1.29 is 0 Å². The summed E-state index contributed by atoms with van der Waals surface area (Å²) in [6.07, 6.45) is 8.51. The van der Waals surface area contributed by atoms with Crippen LogP contribution in [0.4, 0.5) is 0 Å². The van der Waals surface area contributed by atoms with Gasteiger partial charge in [0.05, 0.1) is 0 Å². The van der Waals surface area contributed by atoms with Gasteiger partial charge in [-0.1, -0.05) is 19.1 Å². The standard InChI is InChI=1S/C9H17N/c1-2-3-4-7-10-8-5-6-9-10/h3-4H,2,5-9H2,1H3. The van der Waals surface area contributed by atoms with Crippen LogP contribution in [-0.4, -0.2) is 24.5 Å². The number of nitrogens with zero attached hydrogens (tertiary/aromatic N) is 1. The van der Waals surface area contributed by atoms with E-state index in [4.69, 9.17) is 0 Å². The Morgan fingerprint density at radius 3 is 2.50 bits per heavy atom. The molecule has 1 heterocycles. The van der Waals surface area contributed by atoms with E-state index >= 15 is 0 Å². The average Bonchev–Trinajstić information content (AvgIpc) is 2.41. The van der Waals surface area contributed by atoms with Gasteiger partial charge in [0.2, 0.25) is 0 Å². The van der Waals surface area contributed by atoms with E-state index in [-0.39, 0.29) is 0 Å². The molecule has 0 N–H and O–H groups in total. The van der Waals surface area contributed by atoms with Crippen LogP contribution < -0.4 is 0 Å². The summed E-state index contributed by atoms with van der Waals surface area (Å²) in [4.78, 5) is 2.51. The summed E-state index contributed by atoms with van der Waals surface area (Å²) in [7, 11) is 0. The Bertz CT molecular complexity index is 101. The molecule has 0 aromatic rings. The Morgan fingerprint density at radius 1 is 1.20 bits per heavy atom. The van der Waals surface area contributed by atoms with E-state index < -0.39 is 0 Å². The van der Waals surface area contributed by atoms with Gasteiger partial charge in [0.15, 0.2) is 0 Å². The molecule has 0 atom stereocenters. The smallest absolute Gasteiger partial charge is 0.0163 e. The van der Waals surface area contributed by atoms with Crippen molar-refractivity contribution in [3.63, 3.8) is 0 Å². The molecule has 0 aromatic carbocycles. The minimum absolute atomic E-state index is 1.17. The molecule has 1 aliphatic rings. The number of hydrogen-bond donors (Lipinski definition) is 0. The second kappa shape index (κ2) is 4.51. The summed E-state index contributed by atoms with van der Waals surface area (Å²) >= 11 is 0. The maximum Gasteiger partial charge on any atom is 0.0163 e. The minimum Gasteiger partial charge on any atom is -0.300 e. The summed E-state index contributed by atoms with van der Waals surface area (Å²) in [5.41, 5.74) is 0. The zero-order chi connectivity index (χ0) is 7.23. The lowest BCUT2D eigenvalue weighted by Crippen LogP contribution is -2.18. The molecule has 0 aromatic heterocycles. The van der Waals surface area contributed by atoms with Crippen molar-refractivity contribution in [1.82, 2.24) is 4.90 Å². The third-order valence-electron chi connectivity index (χ3n) is 1.96. The number of hydrogen-bond acceptors (Lipinski definition) is 1. The van der Waals surface area contributed by atoms with Crippen molar-refractivity contribution in [2.75, 3.05) is 19.6 Å². The first-order valence-corrected chi connectivity index (χ1v) is 4.31. The lowest BCUT2D eigenvalue weighted by molar-refractivity contribution is 0.377.